The maximum absolute atomic E-state index is 5.77. The molecule has 0 aliphatic carbocycles. The average Bonchev–Trinajstić information content (AvgIpc) is 3.26. The van der Waals surface area contributed by atoms with E-state index in [-0.39, 0.29) is 5.25 Å². The zero-order valence-electron chi connectivity index (χ0n) is 13.3. The second kappa shape index (κ2) is 5.99. The molecule has 0 aliphatic heterocycles. The van der Waals surface area contributed by atoms with Crippen LogP contribution in [0.5, 0.6) is 0 Å². The van der Waals surface area contributed by atoms with Crippen LogP contribution < -0.4 is 0 Å². The van der Waals surface area contributed by atoms with Gasteiger partial charge in [-0.15, -0.1) is 26.6 Å². The number of hydrogen-bond donors (Lipinski definition) is 0. The van der Waals surface area contributed by atoms with Crippen molar-refractivity contribution >= 4 is 28.9 Å². The van der Waals surface area contributed by atoms with Crippen molar-refractivity contribution in [2.75, 3.05) is 0 Å². The zero-order chi connectivity index (χ0) is 16.7. The molecule has 0 amide bonds. The monoisotopic (exact) mass is 358 g/mol. The Labute approximate surface area is 146 Å². The fourth-order valence-electron chi connectivity index (χ4n) is 2.31. The van der Waals surface area contributed by atoms with Crippen LogP contribution in [0.15, 0.2) is 33.2 Å². The van der Waals surface area contributed by atoms with Crippen molar-refractivity contribution in [1.82, 2.24) is 29.8 Å². The minimum absolute atomic E-state index is 0.0509. The topological polar surface area (TPSA) is 82.0 Å². The van der Waals surface area contributed by atoms with Crippen molar-refractivity contribution in [2.24, 2.45) is 0 Å². The van der Waals surface area contributed by atoms with Crippen molar-refractivity contribution in [3.63, 3.8) is 0 Å². The van der Waals surface area contributed by atoms with Crippen LogP contribution in [0.4, 0.5) is 0 Å². The number of hydrogen-bond acceptors (Lipinski definition) is 8. The lowest BCUT2D eigenvalue weighted by molar-refractivity contribution is 0.510. The molecule has 0 spiro atoms. The summed E-state index contributed by atoms with van der Waals surface area (Å²) >= 11 is 3.04. The summed E-state index contributed by atoms with van der Waals surface area (Å²) in [5, 5.41) is 15.3. The Balaban J connectivity index is 1.58. The molecule has 122 valence electrons. The third-order valence-corrected chi connectivity index (χ3v) is 5.20. The molecule has 9 heteroatoms. The van der Waals surface area contributed by atoms with E-state index in [1.165, 1.54) is 11.8 Å². The summed E-state index contributed by atoms with van der Waals surface area (Å²) in [7, 11) is 0. The summed E-state index contributed by atoms with van der Waals surface area (Å²) in [4.78, 5) is 9.84. The number of nitrogens with zero attached hydrogens (tertiary/aromatic N) is 6. The standard InChI is InChI=1S/C15H14N6OS2/c1-8-7-9(2)21-14(16-8)17-15(20-21)24-10(3)12-18-19-13(22-12)11-5-4-6-23-11/h4-7,10H,1-3H3/t10-/m1/s1. The molecule has 0 radical (unpaired) electrons. The predicted molar refractivity (Wildman–Crippen MR) is 92.1 cm³/mol. The molecule has 0 bridgehead atoms. The number of thiophene rings is 1. The fraction of sp³-hybridized carbons (Fsp3) is 0.267. The lowest BCUT2D eigenvalue weighted by Gasteiger charge is -2.01. The van der Waals surface area contributed by atoms with Crippen molar-refractivity contribution in [2.45, 2.75) is 31.2 Å². The number of thioether (sulfide) groups is 1. The Hall–Kier alpha value is -2.26. The first-order valence-corrected chi connectivity index (χ1v) is 9.11. The Morgan fingerprint density at radius 1 is 1.25 bits per heavy atom. The number of aromatic nitrogens is 6. The van der Waals surface area contributed by atoms with E-state index in [0.717, 1.165) is 16.3 Å². The summed E-state index contributed by atoms with van der Waals surface area (Å²) in [6.45, 7) is 5.93. The quantitative estimate of drug-likeness (QED) is 0.514. The predicted octanol–water partition coefficient (Wildman–Crippen LogP) is 3.71. The smallest absolute Gasteiger partial charge is 0.257 e. The normalized spacial score (nSPS) is 12.8. The molecule has 0 aromatic carbocycles. The lowest BCUT2D eigenvalue weighted by atomic mass is 10.4. The van der Waals surface area contributed by atoms with E-state index in [4.69, 9.17) is 4.42 Å². The van der Waals surface area contributed by atoms with Gasteiger partial charge in [0.05, 0.1) is 10.1 Å². The molecule has 4 heterocycles. The van der Waals surface area contributed by atoms with E-state index in [0.29, 0.717) is 22.7 Å². The van der Waals surface area contributed by atoms with Crippen LogP contribution in [0, 0.1) is 13.8 Å². The van der Waals surface area contributed by atoms with E-state index in [2.05, 4.69) is 25.3 Å². The zero-order valence-corrected chi connectivity index (χ0v) is 14.9. The van der Waals surface area contributed by atoms with Gasteiger partial charge < -0.3 is 4.42 Å². The molecule has 0 N–H and O–H groups in total. The molecule has 0 unspecified atom stereocenters. The Morgan fingerprint density at radius 2 is 2.12 bits per heavy atom. The Morgan fingerprint density at radius 3 is 2.92 bits per heavy atom. The number of aryl methyl sites for hydroxylation is 2. The largest absolute Gasteiger partial charge is 0.419 e. The van der Waals surface area contributed by atoms with E-state index >= 15 is 0 Å². The second-order valence-corrected chi connectivity index (χ2v) is 7.58. The summed E-state index contributed by atoms with van der Waals surface area (Å²) < 4.78 is 7.51. The third kappa shape index (κ3) is 2.80. The van der Waals surface area contributed by atoms with Crippen LogP contribution in [0.2, 0.25) is 0 Å². The minimum Gasteiger partial charge on any atom is -0.419 e. The molecule has 24 heavy (non-hydrogen) atoms. The highest BCUT2D eigenvalue weighted by Crippen LogP contribution is 2.34. The van der Waals surface area contributed by atoms with Gasteiger partial charge in [-0.2, -0.15) is 4.98 Å². The first kappa shape index (κ1) is 15.3. The van der Waals surface area contributed by atoms with Crippen LogP contribution in [0.1, 0.15) is 29.5 Å². The molecule has 1 atom stereocenters. The molecule has 4 aromatic heterocycles. The average molecular weight is 358 g/mol. The van der Waals surface area contributed by atoms with Gasteiger partial charge in [-0.1, -0.05) is 17.8 Å². The molecule has 0 saturated heterocycles. The van der Waals surface area contributed by atoms with Crippen LogP contribution in [0.3, 0.4) is 0 Å². The Bertz CT molecular complexity index is 991. The maximum atomic E-state index is 5.77. The van der Waals surface area contributed by atoms with Crippen molar-refractivity contribution in [3.8, 4) is 10.8 Å². The van der Waals surface area contributed by atoms with Gasteiger partial charge in [0, 0.05) is 11.4 Å². The molecule has 0 fully saturated rings. The third-order valence-electron chi connectivity index (χ3n) is 3.40. The van der Waals surface area contributed by atoms with E-state index < -0.39 is 0 Å². The van der Waals surface area contributed by atoms with Crippen molar-refractivity contribution in [1.29, 1.82) is 0 Å². The summed E-state index contributed by atoms with van der Waals surface area (Å²) in [5.41, 5.74) is 1.93. The van der Waals surface area contributed by atoms with Gasteiger partial charge in [0.1, 0.15) is 0 Å². The van der Waals surface area contributed by atoms with Gasteiger partial charge in [-0.05, 0) is 38.3 Å². The van der Waals surface area contributed by atoms with Gasteiger partial charge >= 0.3 is 0 Å². The van der Waals surface area contributed by atoms with Crippen LogP contribution in [-0.2, 0) is 0 Å². The van der Waals surface area contributed by atoms with Gasteiger partial charge in [-0.25, -0.2) is 9.50 Å². The molecule has 4 aromatic rings. The SMILES string of the molecule is Cc1cc(C)n2nc(S[C@H](C)c3nnc(-c4cccs4)o3)nc2n1. The molecule has 0 aliphatic rings. The first-order chi connectivity index (χ1) is 11.6. The van der Waals surface area contributed by atoms with Gasteiger partial charge in [-0.3, -0.25) is 0 Å². The highest BCUT2D eigenvalue weighted by molar-refractivity contribution is 7.99. The lowest BCUT2D eigenvalue weighted by Crippen LogP contribution is -1.97. The number of rotatable bonds is 4. The minimum atomic E-state index is -0.0509. The fourth-order valence-corrected chi connectivity index (χ4v) is 3.72. The van der Waals surface area contributed by atoms with Crippen LogP contribution in [0.25, 0.3) is 16.5 Å². The summed E-state index contributed by atoms with van der Waals surface area (Å²) in [6.07, 6.45) is 0. The molecule has 0 saturated carbocycles. The van der Waals surface area contributed by atoms with Gasteiger partial charge in [0.15, 0.2) is 0 Å². The summed E-state index contributed by atoms with van der Waals surface area (Å²) in [5.74, 6) is 1.71. The van der Waals surface area contributed by atoms with E-state index in [9.17, 15) is 0 Å². The van der Waals surface area contributed by atoms with Crippen molar-refractivity contribution in [3.05, 3.63) is 40.9 Å². The van der Waals surface area contributed by atoms with E-state index in [1.54, 1.807) is 15.9 Å². The van der Waals surface area contributed by atoms with Crippen LogP contribution in [-0.4, -0.2) is 29.8 Å². The highest BCUT2D eigenvalue weighted by atomic mass is 32.2. The van der Waals surface area contributed by atoms with Crippen LogP contribution >= 0.6 is 23.1 Å². The Kier molecular flexibility index (Phi) is 3.81. The molecule has 4 rings (SSSR count). The maximum Gasteiger partial charge on any atom is 0.257 e. The second-order valence-electron chi connectivity index (χ2n) is 5.33. The molecular formula is C15H14N6OS2. The molecule has 7 nitrogen and oxygen atoms in total. The van der Waals surface area contributed by atoms with Gasteiger partial charge in [0.2, 0.25) is 11.0 Å². The van der Waals surface area contributed by atoms with E-state index in [1.807, 2.05) is 44.4 Å². The summed E-state index contributed by atoms with van der Waals surface area (Å²) in [6, 6.07) is 5.89. The van der Waals surface area contributed by atoms with Crippen molar-refractivity contribution < 1.29 is 4.42 Å². The van der Waals surface area contributed by atoms with Gasteiger partial charge in [0.25, 0.3) is 11.7 Å². The first-order valence-electron chi connectivity index (χ1n) is 7.35. The number of fused-ring (bicyclic) bond motifs is 1. The highest BCUT2D eigenvalue weighted by Gasteiger charge is 2.19. The molecular weight excluding hydrogens is 344 g/mol.